The molecule has 0 unspecified atom stereocenters. The molecular weight excluding hydrogens is 191 g/mol. The standard InChI is InChI=1S/C3H9B3O6.Al/c1-7-4-10-5(8-2)12-6(9-3)11-4;/h1-3H3;. The summed E-state index contributed by atoms with van der Waals surface area (Å²) < 4.78 is 29.2. The quantitative estimate of drug-likeness (QED) is 0.521. The number of hydrogen-bond donors (Lipinski definition) is 0. The van der Waals surface area contributed by atoms with Crippen LogP contribution in [0.15, 0.2) is 0 Å². The zero-order valence-electron chi connectivity index (χ0n) is 7.76. The topological polar surface area (TPSA) is 55.4 Å². The molecule has 1 rings (SSSR count). The molecule has 69 valence electrons. The second-order valence-corrected chi connectivity index (χ2v) is 1.98. The summed E-state index contributed by atoms with van der Waals surface area (Å²) in [4.78, 5) is 0. The van der Waals surface area contributed by atoms with Crippen molar-refractivity contribution >= 4 is 39.3 Å². The van der Waals surface area contributed by atoms with Crippen molar-refractivity contribution in [2.24, 2.45) is 0 Å². The predicted octanol–water partition coefficient (Wildman–Crippen LogP) is -1.44. The van der Waals surface area contributed by atoms with Crippen LogP contribution in [-0.2, 0) is 27.7 Å². The molecule has 13 heavy (non-hydrogen) atoms. The summed E-state index contributed by atoms with van der Waals surface area (Å²) in [7, 11) is 1.84. The second-order valence-electron chi connectivity index (χ2n) is 1.98. The predicted molar refractivity (Wildman–Crippen MR) is 47.3 cm³/mol. The van der Waals surface area contributed by atoms with Crippen molar-refractivity contribution in [1.82, 2.24) is 0 Å². The van der Waals surface area contributed by atoms with Crippen LogP contribution in [0.1, 0.15) is 0 Å². The highest BCUT2D eigenvalue weighted by Crippen LogP contribution is 2.08. The Morgan fingerprint density at radius 1 is 0.692 bits per heavy atom. The molecule has 0 amide bonds. The van der Waals surface area contributed by atoms with Gasteiger partial charge in [-0.15, -0.1) is 0 Å². The Balaban J connectivity index is 0.00000144. The first kappa shape index (κ1) is 13.5. The van der Waals surface area contributed by atoms with E-state index in [2.05, 4.69) is 0 Å². The summed E-state index contributed by atoms with van der Waals surface area (Å²) >= 11 is 0. The Kier molecular flexibility index (Phi) is 7.13. The highest BCUT2D eigenvalue weighted by atomic mass is 27.0. The Morgan fingerprint density at radius 3 is 1.08 bits per heavy atom. The molecule has 10 heteroatoms. The average molecular weight is 201 g/mol. The molecule has 1 saturated heterocycles. The molecule has 1 aliphatic heterocycles. The van der Waals surface area contributed by atoms with E-state index >= 15 is 0 Å². The maximum Gasteiger partial charge on any atom is 0.615 e. The Bertz CT molecular complexity index is 111. The lowest BCUT2D eigenvalue weighted by atomic mass is 9.97. The molecule has 6 nitrogen and oxygen atoms in total. The minimum atomic E-state index is -0.825. The minimum absolute atomic E-state index is 0. The lowest BCUT2D eigenvalue weighted by molar-refractivity contribution is 0.0959. The third-order valence-corrected chi connectivity index (χ3v) is 1.24. The highest BCUT2D eigenvalue weighted by Gasteiger charge is 2.44. The summed E-state index contributed by atoms with van der Waals surface area (Å²) in [6.45, 7) is 0. The fraction of sp³-hybridized carbons (Fsp3) is 1.00. The van der Waals surface area contributed by atoms with Crippen molar-refractivity contribution in [2.75, 3.05) is 21.3 Å². The van der Waals surface area contributed by atoms with E-state index in [4.69, 9.17) is 27.7 Å². The van der Waals surface area contributed by atoms with Crippen LogP contribution in [0.3, 0.4) is 0 Å². The smallest absolute Gasteiger partial charge is 0.400 e. The van der Waals surface area contributed by atoms with Crippen LogP contribution in [0.4, 0.5) is 0 Å². The molecule has 0 aromatic rings. The molecule has 1 fully saturated rings. The van der Waals surface area contributed by atoms with Crippen molar-refractivity contribution in [2.45, 2.75) is 0 Å². The summed E-state index contributed by atoms with van der Waals surface area (Å²) in [5.41, 5.74) is 0. The molecule has 0 aromatic heterocycles. The molecule has 0 atom stereocenters. The van der Waals surface area contributed by atoms with Crippen LogP contribution in [0.25, 0.3) is 0 Å². The molecular formula is C3H9AlB3O6. The largest absolute Gasteiger partial charge is 0.615 e. The highest BCUT2D eigenvalue weighted by molar-refractivity contribution is 6.66. The zero-order chi connectivity index (χ0) is 8.97. The van der Waals surface area contributed by atoms with Gasteiger partial charge in [0.15, 0.2) is 0 Å². The Hall–Kier alpha value is 0.487. The molecule has 1 aliphatic rings. The van der Waals surface area contributed by atoms with Crippen molar-refractivity contribution < 1.29 is 27.7 Å². The maximum absolute atomic E-state index is 4.95. The van der Waals surface area contributed by atoms with Gasteiger partial charge < -0.3 is 27.7 Å². The van der Waals surface area contributed by atoms with Crippen LogP contribution in [0.5, 0.6) is 0 Å². The molecule has 3 radical (unpaired) electrons. The second kappa shape index (κ2) is 6.87. The first-order chi connectivity index (χ1) is 5.80. The monoisotopic (exact) mass is 201 g/mol. The Labute approximate surface area is 88.8 Å². The van der Waals surface area contributed by atoms with Gasteiger partial charge in [-0.1, -0.05) is 0 Å². The molecule has 0 aliphatic carbocycles. The van der Waals surface area contributed by atoms with Crippen molar-refractivity contribution in [3.05, 3.63) is 0 Å². The van der Waals surface area contributed by atoms with E-state index < -0.39 is 22.0 Å². The first-order valence-electron chi connectivity index (χ1n) is 3.35. The Morgan fingerprint density at radius 2 is 0.923 bits per heavy atom. The van der Waals surface area contributed by atoms with Crippen molar-refractivity contribution in [3.8, 4) is 0 Å². The van der Waals surface area contributed by atoms with Gasteiger partial charge >= 0.3 is 22.0 Å². The fourth-order valence-corrected chi connectivity index (χ4v) is 0.702. The van der Waals surface area contributed by atoms with Gasteiger partial charge in [0.1, 0.15) is 0 Å². The summed E-state index contributed by atoms with van der Waals surface area (Å²) in [5.74, 6) is 0. The summed E-state index contributed by atoms with van der Waals surface area (Å²) in [5, 5.41) is 0. The van der Waals surface area contributed by atoms with Gasteiger partial charge in [0.25, 0.3) is 0 Å². The third-order valence-electron chi connectivity index (χ3n) is 1.24. The van der Waals surface area contributed by atoms with E-state index in [1.165, 1.54) is 21.3 Å². The molecule has 0 bridgehead atoms. The first-order valence-corrected chi connectivity index (χ1v) is 3.35. The zero-order valence-corrected chi connectivity index (χ0v) is 8.91. The van der Waals surface area contributed by atoms with Gasteiger partial charge in [0, 0.05) is 38.7 Å². The van der Waals surface area contributed by atoms with E-state index in [1.807, 2.05) is 0 Å². The maximum atomic E-state index is 4.95. The van der Waals surface area contributed by atoms with E-state index in [9.17, 15) is 0 Å². The van der Waals surface area contributed by atoms with Crippen molar-refractivity contribution in [3.63, 3.8) is 0 Å². The van der Waals surface area contributed by atoms with E-state index in [-0.39, 0.29) is 17.4 Å². The van der Waals surface area contributed by atoms with Gasteiger partial charge in [-0.2, -0.15) is 0 Å². The van der Waals surface area contributed by atoms with Gasteiger partial charge in [-0.3, -0.25) is 0 Å². The lowest BCUT2D eigenvalue weighted by Crippen LogP contribution is -2.51. The molecule has 1 heterocycles. The van der Waals surface area contributed by atoms with Gasteiger partial charge in [-0.25, -0.2) is 0 Å². The van der Waals surface area contributed by atoms with Crippen LogP contribution in [-0.4, -0.2) is 60.7 Å². The molecule has 0 aromatic carbocycles. The molecule has 0 saturated carbocycles. The fourth-order valence-electron chi connectivity index (χ4n) is 0.702. The minimum Gasteiger partial charge on any atom is -0.400 e. The summed E-state index contributed by atoms with van der Waals surface area (Å²) in [6.07, 6.45) is 0. The number of rotatable bonds is 3. The third kappa shape index (κ3) is 4.02. The molecule has 0 spiro atoms. The van der Waals surface area contributed by atoms with Gasteiger partial charge in [0.2, 0.25) is 0 Å². The van der Waals surface area contributed by atoms with Gasteiger partial charge in [0.05, 0.1) is 0 Å². The van der Waals surface area contributed by atoms with Crippen LogP contribution < -0.4 is 0 Å². The van der Waals surface area contributed by atoms with Crippen LogP contribution in [0, 0.1) is 0 Å². The number of hydrogen-bond acceptors (Lipinski definition) is 6. The normalized spacial score (nSPS) is 17.3. The molecule has 0 N–H and O–H groups in total. The average Bonchev–Trinajstić information content (AvgIpc) is 2.16. The van der Waals surface area contributed by atoms with Crippen molar-refractivity contribution in [1.29, 1.82) is 0 Å². The van der Waals surface area contributed by atoms with E-state index in [1.54, 1.807) is 0 Å². The summed E-state index contributed by atoms with van der Waals surface area (Å²) in [6, 6.07) is 0. The van der Waals surface area contributed by atoms with Gasteiger partial charge in [-0.05, 0) is 0 Å². The van der Waals surface area contributed by atoms with Crippen LogP contribution >= 0.6 is 0 Å². The van der Waals surface area contributed by atoms with E-state index in [0.29, 0.717) is 0 Å². The van der Waals surface area contributed by atoms with Crippen LogP contribution in [0.2, 0.25) is 0 Å². The SMILES string of the molecule is COB1OB(OC)OB(OC)O1.[Al]. The lowest BCUT2D eigenvalue weighted by Gasteiger charge is -2.25. The van der Waals surface area contributed by atoms with E-state index in [0.717, 1.165) is 0 Å².